The summed E-state index contributed by atoms with van der Waals surface area (Å²) in [6.07, 6.45) is 2.03. The molecule has 0 spiro atoms. The van der Waals surface area contributed by atoms with E-state index in [4.69, 9.17) is 4.74 Å². The van der Waals surface area contributed by atoms with Crippen LogP contribution in [0.2, 0.25) is 0 Å². The molecule has 1 unspecified atom stereocenters. The molecule has 12 heavy (non-hydrogen) atoms. The molecule has 66 valence electrons. The molecule has 0 aromatic heterocycles. The minimum Gasteiger partial charge on any atom is -0.461 e. The third-order valence-electron chi connectivity index (χ3n) is 3.20. The van der Waals surface area contributed by atoms with Gasteiger partial charge in [-0.15, -0.1) is 0 Å². The van der Waals surface area contributed by atoms with E-state index in [1.807, 2.05) is 0 Å². The molecule has 2 atom stereocenters. The highest BCUT2D eigenvalue weighted by atomic mass is 16.6. The Morgan fingerprint density at radius 3 is 2.83 bits per heavy atom. The maximum Gasteiger partial charge on any atom is 0.314 e. The minimum absolute atomic E-state index is 0.0214. The van der Waals surface area contributed by atoms with Crippen molar-refractivity contribution >= 4 is 5.97 Å². The first-order valence-electron chi connectivity index (χ1n) is 4.41. The van der Waals surface area contributed by atoms with Gasteiger partial charge in [0.15, 0.2) is 0 Å². The largest absolute Gasteiger partial charge is 0.461 e. The van der Waals surface area contributed by atoms with E-state index in [0.29, 0.717) is 0 Å². The summed E-state index contributed by atoms with van der Waals surface area (Å²) in [4.78, 5) is 11.4. The number of carbonyl (C=O) groups excluding carboxylic acids is 1. The van der Waals surface area contributed by atoms with Gasteiger partial charge in [0.1, 0.15) is 6.10 Å². The average Bonchev–Trinajstić information content (AvgIpc) is 2.12. The second kappa shape index (κ2) is 2.12. The van der Waals surface area contributed by atoms with Crippen LogP contribution in [0.1, 0.15) is 26.7 Å². The fourth-order valence-electron chi connectivity index (χ4n) is 2.43. The summed E-state index contributed by atoms with van der Waals surface area (Å²) in [6, 6.07) is 0. The molecule has 0 aromatic carbocycles. The third-order valence-corrected chi connectivity index (χ3v) is 3.20. The van der Waals surface area contributed by atoms with E-state index in [0.717, 1.165) is 18.4 Å². The molecule has 0 radical (unpaired) electrons. The van der Waals surface area contributed by atoms with Gasteiger partial charge >= 0.3 is 5.97 Å². The summed E-state index contributed by atoms with van der Waals surface area (Å²) in [6.45, 7) is 8.13. The lowest BCUT2D eigenvalue weighted by Crippen LogP contribution is -2.35. The van der Waals surface area contributed by atoms with Crippen LogP contribution in [0.5, 0.6) is 0 Å². The first-order chi connectivity index (χ1) is 5.53. The third kappa shape index (κ3) is 0.780. The predicted octanol–water partition coefficient (Wildman–Crippen LogP) is 1.90. The van der Waals surface area contributed by atoms with Crippen molar-refractivity contribution in [1.29, 1.82) is 0 Å². The van der Waals surface area contributed by atoms with E-state index in [9.17, 15) is 4.79 Å². The fourth-order valence-corrected chi connectivity index (χ4v) is 2.43. The molecule has 1 heterocycles. The van der Waals surface area contributed by atoms with E-state index in [-0.39, 0.29) is 23.4 Å². The predicted molar refractivity (Wildman–Crippen MR) is 45.5 cm³/mol. The van der Waals surface area contributed by atoms with Crippen molar-refractivity contribution in [3.63, 3.8) is 0 Å². The summed E-state index contributed by atoms with van der Waals surface area (Å²) in [5, 5.41) is 0. The first-order valence-corrected chi connectivity index (χ1v) is 4.41. The van der Waals surface area contributed by atoms with Crippen molar-refractivity contribution in [2.45, 2.75) is 32.8 Å². The zero-order valence-electron chi connectivity index (χ0n) is 7.59. The maximum absolute atomic E-state index is 11.4. The van der Waals surface area contributed by atoms with Crippen LogP contribution in [-0.4, -0.2) is 12.1 Å². The Morgan fingerprint density at radius 1 is 1.58 bits per heavy atom. The van der Waals surface area contributed by atoms with Gasteiger partial charge in [0.05, 0.1) is 5.92 Å². The van der Waals surface area contributed by atoms with Crippen LogP contribution in [0, 0.1) is 11.3 Å². The van der Waals surface area contributed by atoms with E-state index in [1.165, 1.54) is 0 Å². The number of hydrogen-bond donors (Lipinski definition) is 0. The van der Waals surface area contributed by atoms with Crippen molar-refractivity contribution in [2.75, 3.05) is 0 Å². The molecule has 0 aromatic rings. The van der Waals surface area contributed by atoms with Gasteiger partial charge in [-0.05, 0) is 12.8 Å². The molecule has 2 aliphatic rings. The van der Waals surface area contributed by atoms with Crippen LogP contribution in [0.4, 0.5) is 0 Å². The van der Waals surface area contributed by atoms with Gasteiger partial charge < -0.3 is 4.74 Å². The Balaban J connectivity index is 2.42. The van der Waals surface area contributed by atoms with Crippen molar-refractivity contribution in [2.24, 2.45) is 11.3 Å². The van der Waals surface area contributed by atoms with Crippen molar-refractivity contribution < 1.29 is 9.53 Å². The Kier molecular flexibility index (Phi) is 1.39. The lowest BCUT2D eigenvalue weighted by molar-refractivity contribution is -0.142. The maximum atomic E-state index is 11.4. The molecule has 1 aliphatic carbocycles. The summed E-state index contributed by atoms with van der Waals surface area (Å²) in [5.74, 6) is -0.108. The van der Waals surface area contributed by atoms with Crippen LogP contribution in [0.25, 0.3) is 0 Å². The standard InChI is InChI=1S/C10H14O2/c1-6-4-5-7-10(2,3)8(6)9(11)12-7/h7-8H,1,4-5H2,2-3H3/t7?,8-/m0/s1. The molecule has 1 saturated carbocycles. The molecule has 2 bridgehead atoms. The minimum atomic E-state index is -0.0625. The first kappa shape index (κ1) is 7.84. The van der Waals surface area contributed by atoms with Crippen LogP contribution in [0.15, 0.2) is 12.2 Å². The molecule has 2 rings (SSSR count). The van der Waals surface area contributed by atoms with Crippen LogP contribution >= 0.6 is 0 Å². The topological polar surface area (TPSA) is 26.3 Å². The van der Waals surface area contributed by atoms with E-state index >= 15 is 0 Å². The van der Waals surface area contributed by atoms with Gasteiger partial charge in [0, 0.05) is 5.41 Å². The van der Waals surface area contributed by atoms with E-state index in [2.05, 4.69) is 20.4 Å². The van der Waals surface area contributed by atoms with Crippen LogP contribution in [0.3, 0.4) is 0 Å². The Bertz CT molecular complexity index is 245. The Labute approximate surface area is 72.6 Å². The van der Waals surface area contributed by atoms with Gasteiger partial charge in [-0.1, -0.05) is 26.0 Å². The molecule has 2 fully saturated rings. The Morgan fingerprint density at radius 2 is 2.25 bits per heavy atom. The quantitative estimate of drug-likeness (QED) is 0.406. The zero-order chi connectivity index (χ0) is 8.93. The fraction of sp³-hybridized carbons (Fsp3) is 0.700. The van der Waals surface area contributed by atoms with Gasteiger partial charge in [0.25, 0.3) is 0 Å². The number of ether oxygens (including phenoxy) is 1. The highest BCUT2D eigenvalue weighted by molar-refractivity contribution is 5.80. The number of rotatable bonds is 0. The second-order valence-corrected chi connectivity index (χ2v) is 4.38. The second-order valence-electron chi connectivity index (χ2n) is 4.38. The zero-order valence-corrected chi connectivity index (χ0v) is 7.59. The molecule has 0 amide bonds. The molecule has 1 aliphatic heterocycles. The van der Waals surface area contributed by atoms with Gasteiger partial charge in [-0.3, -0.25) is 4.79 Å². The van der Waals surface area contributed by atoms with Crippen molar-refractivity contribution in [1.82, 2.24) is 0 Å². The number of fused-ring (bicyclic) bond motifs is 2. The SMILES string of the molecule is C=C1CCC2OC(=O)[C@H]1C2(C)C. The molecule has 2 nitrogen and oxygen atoms in total. The summed E-state index contributed by atoms with van der Waals surface area (Å²) in [5.41, 5.74) is 1.03. The number of esters is 1. The lowest BCUT2D eigenvalue weighted by atomic mass is 9.67. The monoisotopic (exact) mass is 166 g/mol. The van der Waals surface area contributed by atoms with Crippen LogP contribution < -0.4 is 0 Å². The van der Waals surface area contributed by atoms with Crippen molar-refractivity contribution in [3.05, 3.63) is 12.2 Å². The molecule has 2 heteroatoms. The smallest absolute Gasteiger partial charge is 0.314 e. The number of hydrogen-bond acceptors (Lipinski definition) is 2. The van der Waals surface area contributed by atoms with Crippen LogP contribution in [-0.2, 0) is 9.53 Å². The highest BCUT2D eigenvalue weighted by Crippen LogP contribution is 2.50. The molecular weight excluding hydrogens is 152 g/mol. The van der Waals surface area contributed by atoms with Gasteiger partial charge in [-0.25, -0.2) is 0 Å². The summed E-state index contributed by atoms with van der Waals surface area (Å²) in [7, 11) is 0. The molecule has 0 N–H and O–H groups in total. The summed E-state index contributed by atoms with van der Waals surface area (Å²) >= 11 is 0. The van der Waals surface area contributed by atoms with E-state index < -0.39 is 0 Å². The molecule has 1 saturated heterocycles. The molecular formula is C10H14O2. The Hall–Kier alpha value is -0.790. The average molecular weight is 166 g/mol. The van der Waals surface area contributed by atoms with Crippen molar-refractivity contribution in [3.8, 4) is 0 Å². The van der Waals surface area contributed by atoms with Gasteiger partial charge in [-0.2, -0.15) is 0 Å². The normalized spacial score (nSPS) is 38.2. The summed E-state index contributed by atoms with van der Waals surface area (Å²) < 4.78 is 5.27. The van der Waals surface area contributed by atoms with Gasteiger partial charge in [0.2, 0.25) is 0 Å². The van der Waals surface area contributed by atoms with E-state index in [1.54, 1.807) is 0 Å². The highest BCUT2D eigenvalue weighted by Gasteiger charge is 2.54. The number of carbonyl (C=O) groups is 1. The lowest BCUT2D eigenvalue weighted by Gasteiger charge is -2.34.